The molecule has 1 heterocycles. The minimum atomic E-state index is 0.00306. The Morgan fingerprint density at radius 1 is 1.10 bits per heavy atom. The Bertz CT molecular complexity index is 662. The third-order valence-corrected chi connectivity index (χ3v) is 3.76. The molecule has 3 rings (SSSR count). The molecule has 0 spiro atoms. The lowest BCUT2D eigenvalue weighted by atomic mass is 9.99. The first-order valence-electron chi connectivity index (χ1n) is 7.24. The Kier molecular flexibility index (Phi) is 3.65. The predicted octanol–water partition coefficient (Wildman–Crippen LogP) is 4.03. The first-order chi connectivity index (χ1) is 10.2. The average Bonchev–Trinajstić information content (AvgIpc) is 2.98. The fraction of sp³-hybridized carbons (Fsp3) is 0.278. The van der Waals surface area contributed by atoms with Crippen LogP contribution in [0, 0.1) is 0 Å². The normalized spacial score (nSPS) is 17.7. The Hall–Kier alpha value is -2.29. The van der Waals surface area contributed by atoms with E-state index in [-0.39, 0.29) is 17.7 Å². The topological polar surface area (TPSA) is 41.8 Å². The van der Waals surface area contributed by atoms with Gasteiger partial charge in [0, 0.05) is 0 Å². The van der Waals surface area contributed by atoms with Crippen LogP contribution in [0.4, 0.5) is 0 Å². The predicted molar refractivity (Wildman–Crippen MR) is 83.9 cm³/mol. The Morgan fingerprint density at radius 2 is 1.86 bits per heavy atom. The number of hydrogen-bond donors (Lipinski definition) is 1. The van der Waals surface area contributed by atoms with E-state index < -0.39 is 0 Å². The summed E-state index contributed by atoms with van der Waals surface area (Å²) in [6, 6.07) is 15.8. The van der Waals surface area contributed by atoms with Gasteiger partial charge in [-0.05, 0) is 23.1 Å². The van der Waals surface area contributed by atoms with Crippen LogP contribution in [0.15, 0.2) is 53.5 Å². The maximum absolute atomic E-state index is 10.4. The van der Waals surface area contributed by atoms with E-state index in [2.05, 4.69) is 18.8 Å². The highest BCUT2D eigenvalue weighted by molar-refractivity contribution is 5.98. The van der Waals surface area contributed by atoms with Gasteiger partial charge < -0.3 is 9.84 Å². The minimum Gasteiger partial charge on any atom is -0.507 e. The number of phenols is 1. The Labute approximate surface area is 124 Å². The summed E-state index contributed by atoms with van der Waals surface area (Å²) < 4.78 is 5.71. The summed E-state index contributed by atoms with van der Waals surface area (Å²) in [6.45, 7) is 4.64. The van der Waals surface area contributed by atoms with Gasteiger partial charge in [0.1, 0.15) is 18.4 Å². The monoisotopic (exact) mass is 281 g/mol. The summed E-state index contributed by atoms with van der Waals surface area (Å²) in [5, 5.41) is 10.4. The highest BCUT2D eigenvalue weighted by Gasteiger charge is 2.24. The van der Waals surface area contributed by atoms with Crippen molar-refractivity contribution in [1.82, 2.24) is 0 Å². The molecular formula is C18H19NO2. The number of aromatic hydroxyl groups is 1. The molecule has 21 heavy (non-hydrogen) atoms. The zero-order valence-corrected chi connectivity index (χ0v) is 12.3. The molecule has 3 nitrogen and oxygen atoms in total. The first-order valence-corrected chi connectivity index (χ1v) is 7.24. The number of ether oxygens (including phenoxy) is 1. The van der Waals surface area contributed by atoms with Crippen LogP contribution in [-0.2, 0) is 4.74 Å². The summed E-state index contributed by atoms with van der Waals surface area (Å²) in [5.41, 5.74) is 2.73. The van der Waals surface area contributed by atoms with Crippen molar-refractivity contribution in [3.63, 3.8) is 0 Å². The van der Waals surface area contributed by atoms with E-state index in [0.29, 0.717) is 18.1 Å². The smallest absolute Gasteiger partial charge is 0.220 e. The average molecular weight is 281 g/mol. The van der Waals surface area contributed by atoms with Crippen LogP contribution in [-0.4, -0.2) is 17.6 Å². The summed E-state index contributed by atoms with van der Waals surface area (Å²) in [6.07, 6.45) is 0. The van der Waals surface area contributed by atoms with Crippen molar-refractivity contribution in [2.75, 3.05) is 6.61 Å². The summed E-state index contributed by atoms with van der Waals surface area (Å²) in [5.74, 6) is 1.07. The first kappa shape index (κ1) is 13.7. The SMILES string of the molecule is CC(C)c1cccc(C2=N[C@@H](c3ccccc3)CO2)c1O. The highest BCUT2D eigenvalue weighted by Crippen LogP contribution is 2.32. The van der Waals surface area contributed by atoms with Gasteiger partial charge in [0.15, 0.2) is 0 Å². The molecule has 0 fully saturated rings. The van der Waals surface area contributed by atoms with E-state index in [4.69, 9.17) is 4.74 Å². The molecule has 0 radical (unpaired) electrons. The zero-order valence-electron chi connectivity index (χ0n) is 12.3. The minimum absolute atomic E-state index is 0.00306. The second-order valence-electron chi connectivity index (χ2n) is 5.57. The van der Waals surface area contributed by atoms with Crippen LogP contribution in [0.3, 0.4) is 0 Å². The molecule has 2 aromatic carbocycles. The molecule has 0 amide bonds. The number of rotatable bonds is 3. The zero-order chi connectivity index (χ0) is 14.8. The van der Waals surface area contributed by atoms with Crippen molar-refractivity contribution in [2.24, 2.45) is 4.99 Å². The Morgan fingerprint density at radius 3 is 2.57 bits per heavy atom. The molecule has 0 aromatic heterocycles. The highest BCUT2D eigenvalue weighted by atomic mass is 16.5. The lowest BCUT2D eigenvalue weighted by molar-refractivity contribution is 0.318. The van der Waals surface area contributed by atoms with Crippen molar-refractivity contribution in [3.8, 4) is 5.75 Å². The van der Waals surface area contributed by atoms with Crippen molar-refractivity contribution in [2.45, 2.75) is 25.8 Å². The van der Waals surface area contributed by atoms with Crippen LogP contribution >= 0.6 is 0 Å². The number of aliphatic imine (C=N–C) groups is 1. The van der Waals surface area contributed by atoms with Crippen LogP contribution < -0.4 is 0 Å². The van der Waals surface area contributed by atoms with Gasteiger partial charge in [0.25, 0.3) is 0 Å². The van der Waals surface area contributed by atoms with Crippen LogP contribution in [0.1, 0.15) is 42.5 Å². The van der Waals surface area contributed by atoms with Crippen LogP contribution in [0.2, 0.25) is 0 Å². The summed E-state index contributed by atoms with van der Waals surface area (Å²) >= 11 is 0. The van der Waals surface area contributed by atoms with Gasteiger partial charge in [-0.15, -0.1) is 0 Å². The molecule has 1 aliphatic rings. The lowest BCUT2D eigenvalue weighted by Gasteiger charge is -2.11. The third-order valence-electron chi connectivity index (χ3n) is 3.76. The van der Waals surface area contributed by atoms with Gasteiger partial charge in [-0.2, -0.15) is 0 Å². The molecule has 0 bridgehead atoms. The second-order valence-corrected chi connectivity index (χ2v) is 5.57. The van der Waals surface area contributed by atoms with Crippen molar-refractivity contribution in [1.29, 1.82) is 0 Å². The lowest BCUT2D eigenvalue weighted by Crippen LogP contribution is -2.03. The molecule has 0 aliphatic carbocycles. The number of phenolic OH excluding ortho intramolecular Hbond substituents is 1. The fourth-order valence-electron chi connectivity index (χ4n) is 2.57. The van der Waals surface area contributed by atoms with E-state index in [1.54, 1.807) is 0 Å². The van der Waals surface area contributed by atoms with Gasteiger partial charge in [0.2, 0.25) is 5.90 Å². The van der Waals surface area contributed by atoms with Crippen molar-refractivity contribution < 1.29 is 9.84 Å². The Balaban J connectivity index is 1.94. The van der Waals surface area contributed by atoms with Gasteiger partial charge in [-0.1, -0.05) is 56.3 Å². The molecule has 0 saturated carbocycles. The quantitative estimate of drug-likeness (QED) is 0.922. The van der Waals surface area contributed by atoms with Crippen molar-refractivity contribution >= 4 is 5.90 Å². The van der Waals surface area contributed by atoms with Crippen LogP contribution in [0.5, 0.6) is 5.75 Å². The maximum atomic E-state index is 10.4. The fourth-order valence-corrected chi connectivity index (χ4v) is 2.57. The molecule has 3 heteroatoms. The number of nitrogens with zero attached hydrogens (tertiary/aromatic N) is 1. The maximum Gasteiger partial charge on any atom is 0.220 e. The third kappa shape index (κ3) is 2.64. The standard InChI is InChI=1S/C18H19NO2/c1-12(2)14-9-6-10-15(17(14)20)18-19-16(11-21-18)13-7-4-3-5-8-13/h3-10,12,16,20H,11H2,1-2H3/t16-/m1/s1. The second kappa shape index (κ2) is 5.60. The van der Waals surface area contributed by atoms with Crippen molar-refractivity contribution in [3.05, 3.63) is 65.2 Å². The van der Waals surface area contributed by atoms with E-state index in [1.165, 1.54) is 0 Å². The van der Waals surface area contributed by atoms with E-state index >= 15 is 0 Å². The number of benzene rings is 2. The summed E-state index contributed by atoms with van der Waals surface area (Å²) in [7, 11) is 0. The molecule has 1 N–H and O–H groups in total. The van der Waals surface area contributed by atoms with E-state index in [1.807, 2.05) is 48.5 Å². The van der Waals surface area contributed by atoms with E-state index in [0.717, 1.165) is 11.1 Å². The molecule has 0 unspecified atom stereocenters. The summed E-state index contributed by atoms with van der Waals surface area (Å²) in [4.78, 5) is 4.62. The number of hydrogen-bond acceptors (Lipinski definition) is 3. The van der Waals surface area contributed by atoms with Gasteiger partial charge in [-0.3, -0.25) is 0 Å². The molecule has 1 atom stereocenters. The van der Waals surface area contributed by atoms with Gasteiger partial charge >= 0.3 is 0 Å². The van der Waals surface area contributed by atoms with Gasteiger partial charge in [-0.25, -0.2) is 4.99 Å². The molecular weight excluding hydrogens is 262 g/mol. The molecule has 0 saturated heterocycles. The van der Waals surface area contributed by atoms with Crippen LogP contribution in [0.25, 0.3) is 0 Å². The molecule has 2 aromatic rings. The molecule has 1 aliphatic heterocycles. The largest absolute Gasteiger partial charge is 0.507 e. The van der Waals surface area contributed by atoms with Gasteiger partial charge in [0.05, 0.1) is 5.56 Å². The molecule has 108 valence electrons. The van der Waals surface area contributed by atoms with E-state index in [9.17, 15) is 5.11 Å². The number of para-hydroxylation sites is 1.